The molecule has 22 heavy (non-hydrogen) atoms. The van der Waals surface area contributed by atoms with Gasteiger partial charge in [-0.1, -0.05) is 23.2 Å². The van der Waals surface area contributed by atoms with E-state index in [1.54, 1.807) is 42.5 Å². The topological polar surface area (TPSA) is 55.8 Å². The standard InChI is InChI=1S/C16H14Cl2O4/c1-21-14-7-4-12(18)8-10(14)9-15(16(19)20)22-13-5-2-11(17)3-6-13/h2-8,15H,9H2,1H3,(H,19,20). The first-order valence-corrected chi connectivity index (χ1v) is 7.22. The van der Waals surface area contributed by atoms with E-state index in [0.717, 1.165) is 0 Å². The second kappa shape index (κ2) is 7.38. The SMILES string of the molecule is COc1ccc(Cl)cc1CC(Oc1ccc(Cl)cc1)C(=O)O. The summed E-state index contributed by atoms with van der Waals surface area (Å²) in [6.07, 6.45) is -0.935. The molecule has 0 saturated heterocycles. The fraction of sp³-hybridized carbons (Fsp3) is 0.188. The molecule has 0 heterocycles. The smallest absolute Gasteiger partial charge is 0.345 e. The molecule has 0 fully saturated rings. The number of rotatable bonds is 6. The molecule has 4 nitrogen and oxygen atoms in total. The van der Waals surface area contributed by atoms with Crippen molar-refractivity contribution in [2.24, 2.45) is 0 Å². The number of carbonyl (C=O) groups is 1. The largest absolute Gasteiger partial charge is 0.496 e. The zero-order chi connectivity index (χ0) is 16.1. The monoisotopic (exact) mass is 340 g/mol. The number of hydrogen-bond acceptors (Lipinski definition) is 3. The quantitative estimate of drug-likeness (QED) is 0.860. The zero-order valence-electron chi connectivity index (χ0n) is 11.8. The first-order chi connectivity index (χ1) is 10.5. The molecule has 1 unspecified atom stereocenters. The average molecular weight is 341 g/mol. The van der Waals surface area contributed by atoms with Crippen LogP contribution in [0.25, 0.3) is 0 Å². The molecule has 0 spiro atoms. The molecule has 6 heteroatoms. The van der Waals surface area contributed by atoms with Gasteiger partial charge < -0.3 is 14.6 Å². The minimum Gasteiger partial charge on any atom is -0.496 e. The number of carboxylic acids is 1. The summed E-state index contributed by atoms with van der Waals surface area (Å²) < 4.78 is 10.7. The first kappa shape index (κ1) is 16.5. The highest BCUT2D eigenvalue weighted by Crippen LogP contribution is 2.25. The Labute approximate surface area is 138 Å². The van der Waals surface area contributed by atoms with Crippen LogP contribution in [-0.2, 0) is 11.2 Å². The van der Waals surface area contributed by atoms with E-state index in [4.69, 9.17) is 32.7 Å². The Bertz CT molecular complexity index is 656. The van der Waals surface area contributed by atoms with E-state index in [9.17, 15) is 9.90 Å². The van der Waals surface area contributed by atoms with Crippen molar-refractivity contribution in [2.45, 2.75) is 12.5 Å². The van der Waals surface area contributed by atoms with E-state index >= 15 is 0 Å². The van der Waals surface area contributed by atoms with Crippen LogP contribution in [0.15, 0.2) is 42.5 Å². The van der Waals surface area contributed by atoms with Gasteiger partial charge in [-0.25, -0.2) is 4.79 Å². The molecule has 116 valence electrons. The average Bonchev–Trinajstić information content (AvgIpc) is 2.49. The van der Waals surface area contributed by atoms with Crippen LogP contribution in [0.1, 0.15) is 5.56 Å². The third-order valence-corrected chi connectivity index (χ3v) is 3.50. The Balaban J connectivity index is 2.20. The second-order valence-corrected chi connectivity index (χ2v) is 5.43. The summed E-state index contributed by atoms with van der Waals surface area (Å²) >= 11 is 11.8. The Morgan fingerprint density at radius 3 is 2.36 bits per heavy atom. The van der Waals surface area contributed by atoms with Crippen molar-refractivity contribution in [3.63, 3.8) is 0 Å². The van der Waals surface area contributed by atoms with Gasteiger partial charge in [-0.2, -0.15) is 0 Å². The van der Waals surface area contributed by atoms with Crippen molar-refractivity contribution >= 4 is 29.2 Å². The molecular weight excluding hydrogens is 327 g/mol. The summed E-state index contributed by atoms with van der Waals surface area (Å²) in [6.45, 7) is 0. The molecule has 0 amide bonds. The number of benzene rings is 2. The lowest BCUT2D eigenvalue weighted by Gasteiger charge is -2.17. The van der Waals surface area contributed by atoms with Crippen LogP contribution in [0.2, 0.25) is 10.0 Å². The number of ether oxygens (including phenoxy) is 2. The van der Waals surface area contributed by atoms with Gasteiger partial charge in [0.1, 0.15) is 11.5 Å². The number of methoxy groups -OCH3 is 1. The van der Waals surface area contributed by atoms with E-state index in [0.29, 0.717) is 27.1 Å². The Hall–Kier alpha value is -1.91. The zero-order valence-corrected chi connectivity index (χ0v) is 13.3. The molecular formula is C16H14Cl2O4. The molecule has 2 aromatic rings. The molecule has 0 aliphatic rings. The molecule has 1 atom stereocenters. The molecule has 2 rings (SSSR count). The van der Waals surface area contributed by atoms with Crippen molar-refractivity contribution in [1.29, 1.82) is 0 Å². The minimum atomic E-state index is -1.07. The Kier molecular flexibility index (Phi) is 5.52. The van der Waals surface area contributed by atoms with Gasteiger partial charge in [-0.05, 0) is 48.0 Å². The van der Waals surface area contributed by atoms with E-state index in [2.05, 4.69) is 0 Å². The third kappa shape index (κ3) is 4.29. The summed E-state index contributed by atoms with van der Waals surface area (Å²) in [6, 6.07) is 11.5. The summed E-state index contributed by atoms with van der Waals surface area (Å²) in [5.41, 5.74) is 0.663. The van der Waals surface area contributed by atoms with E-state index in [-0.39, 0.29) is 6.42 Å². The maximum absolute atomic E-state index is 11.4. The summed E-state index contributed by atoms with van der Waals surface area (Å²) in [4.78, 5) is 11.4. The van der Waals surface area contributed by atoms with Gasteiger partial charge in [-0.3, -0.25) is 0 Å². The fourth-order valence-electron chi connectivity index (χ4n) is 1.96. The molecule has 1 N–H and O–H groups in total. The number of halogens is 2. The number of aliphatic carboxylic acids is 1. The lowest BCUT2D eigenvalue weighted by Crippen LogP contribution is -2.29. The highest BCUT2D eigenvalue weighted by Gasteiger charge is 2.22. The van der Waals surface area contributed by atoms with E-state index in [1.165, 1.54) is 7.11 Å². The van der Waals surface area contributed by atoms with Crippen LogP contribution in [-0.4, -0.2) is 24.3 Å². The van der Waals surface area contributed by atoms with Crippen LogP contribution in [0.3, 0.4) is 0 Å². The van der Waals surface area contributed by atoms with E-state index in [1.807, 2.05) is 0 Å². The molecule has 2 aromatic carbocycles. The van der Waals surface area contributed by atoms with Gasteiger partial charge >= 0.3 is 5.97 Å². The third-order valence-electron chi connectivity index (χ3n) is 3.02. The lowest BCUT2D eigenvalue weighted by atomic mass is 10.1. The highest BCUT2D eigenvalue weighted by atomic mass is 35.5. The van der Waals surface area contributed by atoms with Crippen LogP contribution in [0.4, 0.5) is 0 Å². The molecule has 0 aromatic heterocycles. The molecule has 0 aliphatic heterocycles. The van der Waals surface area contributed by atoms with Gasteiger partial charge in [0.05, 0.1) is 7.11 Å². The molecule has 0 bridgehead atoms. The molecule has 0 aliphatic carbocycles. The van der Waals surface area contributed by atoms with Crippen molar-refractivity contribution in [1.82, 2.24) is 0 Å². The normalized spacial score (nSPS) is 11.8. The predicted molar refractivity (Wildman–Crippen MR) is 85.2 cm³/mol. The van der Waals surface area contributed by atoms with Crippen LogP contribution in [0.5, 0.6) is 11.5 Å². The van der Waals surface area contributed by atoms with Gasteiger partial charge in [0.25, 0.3) is 0 Å². The molecule has 0 radical (unpaired) electrons. The van der Waals surface area contributed by atoms with Crippen LogP contribution < -0.4 is 9.47 Å². The van der Waals surface area contributed by atoms with Crippen molar-refractivity contribution in [3.8, 4) is 11.5 Å². The minimum absolute atomic E-state index is 0.127. The van der Waals surface area contributed by atoms with Crippen molar-refractivity contribution < 1.29 is 19.4 Å². The van der Waals surface area contributed by atoms with Gasteiger partial charge in [-0.15, -0.1) is 0 Å². The van der Waals surface area contributed by atoms with Crippen molar-refractivity contribution in [3.05, 3.63) is 58.1 Å². The Morgan fingerprint density at radius 2 is 1.77 bits per heavy atom. The Morgan fingerprint density at radius 1 is 1.14 bits per heavy atom. The summed E-state index contributed by atoms with van der Waals surface area (Å²) in [5.74, 6) is -0.0786. The van der Waals surface area contributed by atoms with Gasteiger partial charge in [0.2, 0.25) is 0 Å². The molecule has 0 saturated carbocycles. The second-order valence-electron chi connectivity index (χ2n) is 4.56. The van der Waals surface area contributed by atoms with Gasteiger partial charge in [0.15, 0.2) is 6.10 Å². The fourth-order valence-corrected chi connectivity index (χ4v) is 2.28. The summed E-state index contributed by atoms with van der Waals surface area (Å²) in [5, 5.41) is 10.4. The number of carboxylic acid groups (broad SMARTS) is 1. The summed E-state index contributed by atoms with van der Waals surface area (Å²) in [7, 11) is 1.52. The maximum Gasteiger partial charge on any atom is 0.345 e. The van der Waals surface area contributed by atoms with E-state index < -0.39 is 12.1 Å². The lowest BCUT2D eigenvalue weighted by molar-refractivity contribution is -0.145. The van der Waals surface area contributed by atoms with Crippen LogP contribution >= 0.6 is 23.2 Å². The number of hydrogen-bond donors (Lipinski definition) is 1. The van der Waals surface area contributed by atoms with Gasteiger partial charge in [0, 0.05) is 16.5 Å². The van der Waals surface area contributed by atoms with Crippen LogP contribution in [0, 0.1) is 0 Å². The maximum atomic E-state index is 11.4. The first-order valence-electron chi connectivity index (χ1n) is 6.47. The van der Waals surface area contributed by atoms with Crippen molar-refractivity contribution in [2.75, 3.05) is 7.11 Å². The predicted octanol–water partition coefficient (Wildman–Crippen LogP) is 4.08. The highest BCUT2D eigenvalue weighted by molar-refractivity contribution is 6.30.